The van der Waals surface area contributed by atoms with E-state index in [1.54, 1.807) is 0 Å². The van der Waals surface area contributed by atoms with Crippen molar-refractivity contribution in [2.24, 2.45) is 16.3 Å². The minimum absolute atomic E-state index is 0.188. The van der Waals surface area contributed by atoms with Crippen LogP contribution in [0.5, 0.6) is 0 Å². The molecule has 0 spiro atoms. The molecule has 0 saturated carbocycles. The van der Waals surface area contributed by atoms with E-state index in [2.05, 4.69) is 61.3 Å². The van der Waals surface area contributed by atoms with E-state index < -0.39 is 0 Å². The van der Waals surface area contributed by atoms with Crippen LogP contribution in [0.15, 0.2) is 35.3 Å². The largest absolute Gasteiger partial charge is 0.373 e. The topological polar surface area (TPSA) is 36.9 Å². The smallest absolute Gasteiger partial charge is 0.193 e. The Balaban J connectivity index is 1.67. The van der Waals surface area contributed by atoms with Crippen LogP contribution >= 0.6 is 0 Å². The Hall–Kier alpha value is -1.55. The zero-order chi connectivity index (χ0) is 17.0. The van der Waals surface area contributed by atoms with Crippen molar-refractivity contribution in [1.29, 1.82) is 0 Å². The molecule has 2 aliphatic rings. The minimum atomic E-state index is 0.188. The van der Waals surface area contributed by atoms with Crippen molar-refractivity contribution in [3.05, 3.63) is 35.9 Å². The summed E-state index contributed by atoms with van der Waals surface area (Å²) in [6.07, 6.45) is 2.51. The van der Waals surface area contributed by atoms with E-state index in [4.69, 9.17) is 9.73 Å². The Bertz CT molecular complexity index is 555. The average Bonchev–Trinajstić information content (AvgIpc) is 3.18. The maximum absolute atomic E-state index is 6.00. The van der Waals surface area contributed by atoms with Gasteiger partial charge in [-0.25, -0.2) is 0 Å². The van der Waals surface area contributed by atoms with Gasteiger partial charge in [-0.05, 0) is 30.7 Å². The molecule has 4 heteroatoms. The molecule has 2 fully saturated rings. The van der Waals surface area contributed by atoms with Gasteiger partial charge in [0, 0.05) is 38.7 Å². The average molecular weight is 329 g/mol. The number of likely N-dealkylation sites (tertiary alicyclic amines) is 1. The molecule has 0 bridgehead atoms. The lowest BCUT2D eigenvalue weighted by Crippen LogP contribution is -2.41. The summed E-state index contributed by atoms with van der Waals surface area (Å²) in [5.41, 5.74) is 1.67. The summed E-state index contributed by atoms with van der Waals surface area (Å²) >= 11 is 0. The third-order valence-corrected chi connectivity index (χ3v) is 5.13. The van der Waals surface area contributed by atoms with Crippen LogP contribution in [0, 0.1) is 11.3 Å². The highest BCUT2D eigenvalue weighted by Crippen LogP contribution is 2.35. The zero-order valence-corrected chi connectivity index (χ0v) is 15.3. The molecule has 2 atom stereocenters. The summed E-state index contributed by atoms with van der Waals surface area (Å²) in [7, 11) is 0. The first-order valence-electron chi connectivity index (χ1n) is 9.29. The van der Waals surface area contributed by atoms with E-state index in [0.29, 0.717) is 11.3 Å². The third-order valence-electron chi connectivity index (χ3n) is 5.13. The quantitative estimate of drug-likeness (QED) is 0.679. The van der Waals surface area contributed by atoms with Crippen molar-refractivity contribution in [3.8, 4) is 0 Å². The predicted molar refractivity (Wildman–Crippen MR) is 99.2 cm³/mol. The maximum Gasteiger partial charge on any atom is 0.193 e. The van der Waals surface area contributed by atoms with E-state index in [9.17, 15) is 0 Å². The fourth-order valence-corrected chi connectivity index (χ4v) is 3.75. The molecule has 2 unspecified atom stereocenters. The number of nitrogens with one attached hydrogen (secondary N) is 1. The predicted octanol–water partition coefficient (Wildman–Crippen LogP) is 3.46. The molecular formula is C20H31N3O. The molecule has 3 rings (SSSR count). The van der Waals surface area contributed by atoms with Crippen molar-refractivity contribution in [2.45, 2.75) is 39.7 Å². The lowest BCUT2D eigenvalue weighted by Gasteiger charge is -2.24. The van der Waals surface area contributed by atoms with Gasteiger partial charge in [-0.3, -0.25) is 4.99 Å². The molecule has 0 aliphatic carbocycles. The Labute approximate surface area is 146 Å². The fraction of sp³-hybridized carbons (Fsp3) is 0.650. The Kier molecular flexibility index (Phi) is 5.44. The first kappa shape index (κ1) is 17.3. The highest BCUT2D eigenvalue weighted by Gasteiger charge is 2.32. The Morgan fingerprint density at radius 1 is 1.33 bits per heavy atom. The Morgan fingerprint density at radius 3 is 2.79 bits per heavy atom. The van der Waals surface area contributed by atoms with Gasteiger partial charge in [-0.1, -0.05) is 44.2 Å². The van der Waals surface area contributed by atoms with Gasteiger partial charge in [0.05, 0.1) is 6.10 Å². The van der Waals surface area contributed by atoms with Crippen LogP contribution < -0.4 is 5.32 Å². The molecule has 1 N–H and O–H groups in total. The van der Waals surface area contributed by atoms with Gasteiger partial charge >= 0.3 is 0 Å². The number of benzene rings is 1. The van der Waals surface area contributed by atoms with E-state index in [-0.39, 0.29) is 6.10 Å². The molecular weight excluding hydrogens is 298 g/mol. The summed E-state index contributed by atoms with van der Waals surface area (Å²) in [6, 6.07) is 10.6. The number of hydrogen-bond acceptors (Lipinski definition) is 2. The standard InChI is InChI=1S/C20H31N3O/c1-4-21-19(23-12-11-20(2,3)15-23)22-14-17-10-13-24-18(17)16-8-6-5-7-9-16/h5-9,17-18H,4,10-15H2,1-3H3,(H,21,22). The van der Waals surface area contributed by atoms with Gasteiger partial charge in [0.25, 0.3) is 0 Å². The number of guanidine groups is 1. The van der Waals surface area contributed by atoms with E-state index >= 15 is 0 Å². The van der Waals surface area contributed by atoms with Crippen molar-refractivity contribution in [3.63, 3.8) is 0 Å². The number of ether oxygens (including phenoxy) is 1. The normalized spacial score (nSPS) is 26.8. The van der Waals surface area contributed by atoms with Gasteiger partial charge in [0.15, 0.2) is 5.96 Å². The van der Waals surface area contributed by atoms with Crippen LogP contribution in [-0.4, -0.2) is 43.6 Å². The van der Waals surface area contributed by atoms with E-state index in [1.807, 2.05) is 0 Å². The molecule has 0 amide bonds. The lowest BCUT2D eigenvalue weighted by molar-refractivity contribution is 0.0925. The summed E-state index contributed by atoms with van der Waals surface area (Å²) in [6.45, 7) is 11.6. The molecule has 0 radical (unpaired) electrons. The molecule has 24 heavy (non-hydrogen) atoms. The number of aliphatic imine (C=N–C) groups is 1. The molecule has 2 saturated heterocycles. The summed E-state index contributed by atoms with van der Waals surface area (Å²) in [5.74, 6) is 1.54. The first-order chi connectivity index (χ1) is 11.6. The fourth-order valence-electron chi connectivity index (χ4n) is 3.75. The minimum Gasteiger partial charge on any atom is -0.373 e. The third kappa shape index (κ3) is 4.10. The molecule has 1 aromatic rings. The van der Waals surface area contributed by atoms with Crippen molar-refractivity contribution >= 4 is 5.96 Å². The second kappa shape index (κ2) is 7.56. The summed E-state index contributed by atoms with van der Waals surface area (Å²) in [4.78, 5) is 7.38. The Morgan fingerprint density at radius 2 is 2.12 bits per heavy atom. The zero-order valence-electron chi connectivity index (χ0n) is 15.3. The van der Waals surface area contributed by atoms with Crippen LogP contribution in [0.1, 0.15) is 45.3 Å². The van der Waals surface area contributed by atoms with Crippen LogP contribution in [-0.2, 0) is 4.74 Å². The van der Waals surface area contributed by atoms with Gasteiger partial charge < -0.3 is 15.0 Å². The molecule has 2 heterocycles. The van der Waals surface area contributed by atoms with Crippen LogP contribution in [0.4, 0.5) is 0 Å². The molecule has 1 aromatic carbocycles. The van der Waals surface area contributed by atoms with E-state index in [1.165, 1.54) is 12.0 Å². The number of hydrogen-bond donors (Lipinski definition) is 1. The molecule has 4 nitrogen and oxygen atoms in total. The van der Waals surface area contributed by atoms with Crippen molar-refractivity contribution in [2.75, 3.05) is 32.8 Å². The van der Waals surface area contributed by atoms with Crippen LogP contribution in [0.2, 0.25) is 0 Å². The SMILES string of the molecule is CCNC(=NCC1CCOC1c1ccccc1)N1CCC(C)(C)C1. The van der Waals surface area contributed by atoms with Gasteiger partial charge in [-0.2, -0.15) is 0 Å². The number of rotatable bonds is 4. The highest BCUT2D eigenvalue weighted by molar-refractivity contribution is 5.80. The van der Waals surface area contributed by atoms with Crippen LogP contribution in [0.25, 0.3) is 0 Å². The van der Waals surface area contributed by atoms with Crippen LogP contribution in [0.3, 0.4) is 0 Å². The molecule has 0 aromatic heterocycles. The first-order valence-corrected chi connectivity index (χ1v) is 9.29. The molecule has 2 aliphatic heterocycles. The van der Waals surface area contributed by atoms with Gasteiger partial charge in [0.1, 0.15) is 0 Å². The molecule has 132 valence electrons. The monoisotopic (exact) mass is 329 g/mol. The van der Waals surface area contributed by atoms with E-state index in [0.717, 1.165) is 45.2 Å². The second-order valence-corrected chi connectivity index (χ2v) is 7.78. The lowest BCUT2D eigenvalue weighted by atomic mass is 9.93. The number of nitrogens with zero attached hydrogens (tertiary/aromatic N) is 2. The highest BCUT2D eigenvalue weighted by atomic mass is 16.5. The second-order valence-electron chi connectivity index (χ2n) is 7.78. The summed E-state index contributed by atoms with van der Waals surface area (Å²) in [5, 5.41) is 3.48. The maximum atomic E-state index is 6.00. The summed E-state index contributed by atoms with van der Waals surface area (Å²) < 4.78 is 6.00. The van der Waals surface area contributed by atoms with Gasteiger partial charge in [-0.15, -0.1) is 0 Å². The van der Waals surface area contributed by atoms with Crippen molar-refractivity contribution in [1.82, 2.24) is 10.2 Å². The van der Waals surface area contributed by atoms with Crippen molar-refractivity contribution < 1.29 is 4.74 Å². The van der Waals surface area contributed by atoms with Gasteiger partial charge in [0.2, 0.25) is 0 Å².